The van der Waals surface area contributed by atoms with Crippen LogP contribution in [0.5, 0.6) is 28.9 Å². The van der Waals surface area contributed by atoms with Gasteiger partial charge in [-0.3, -0.25) is 0 Å². The highest BCUT2D eigenvalue weighted by atomic mass is 35.5. The molecule has 0 saturated heterocycles. The molecular weight excluding hydrogens is 2010 g/mol. The average Bonchev–Trinajstić information content (AvgIpc) is 1.03. The van der Waals surface area contributed by atoms with Gasteiger partial charge in [-0.05, 0) is 164 Å². The summed E-state index contributed by atoms with van der Waals surface area (Å²) < 4.78 is 16.5. The Morgan fingerprint density at radius 1 is 0.430 bits per heavy atom. The van der Waals surface area contributed by atoms with Crippen molar-refractivity contribution in [3.8, 4) is 51.4 Å². The molecule has 6 rings (SSSR count). The van der Waals surface area contributed by atoms with Gasteiger partial charge in [0.1, 0.15) is 35.5 Å². The Bertz CT molecular complexity index is 3230. The lowest BCUT2D eigenvalue weighted by atomic mass is 10.1. The van der Waals surface area contributed by atoms with Gasteiger partial charge in [0.2, 0.25) is 5.75 Å². The van der Waals surface area contributed by atoms with Gasteiger partial charge in [-0.25, -0.2) is 24.6 Å². The smallest absolute Gasteiger partial charge is 0.266 e. The number of hydrogen-bond acceptors (Lipinski definition) is 8. The predicted molar refractivity (Wildman–Crippen MR) is 555 cm³/mol. The SMILES string of the molecule is COc1c(Cl)ncnc1-c1ccc(C)cc1.PPP(P)P(P(P(P)P)P(P)P)P(P(P(P)P)P(P)P)P(P(P)P)P(P)P.PPP(P)P(P(P)P)P(P(P)P)P(P)P.[C-]#[N+]c1ccc(O)c(Cl)c1.[C-]#[N+]c1ccc(Oc2ncnc(-c3ccc(C)cc3)c2OC)c(Cl)c1. The lowest BCUT2D eigenvalue weighted by Gasteiger charge is -2.50. The molecule has 0 amide bonds. The molecule has 0 bridgehead atoms. The first-order valence-electron chi connectivity index (χ1n) is 24.3. The molecule has 0 aliphatic rings. The molecule has 28 atom stereocenters. The highest BCUT2D eigenvalue weighted by molar-refractivity contribution is 9.42. The normalized spacial score (nSPS) is 13.0. The summed E-state index contributed by atoms with van der Waals surface area (Å²) >= 11 is 17.6. The first kappa shape index (κ1) is 101. The Hall–Kier alpha value is 12.1. The third-order valence-corrected chi connectivity index (χ3v) is 276. The van der Waals surface area contributed by atoms with Crippen LogP contribution in [0.3, 0.4) is 0 Å². The molecule has 0 aliphatic heterocycles. The highest BCUT2D eigenvalue weighted by Crippen LogP contribution is 3.36. The number of halogens is 3. The second-order valence-corrected chi connectivity index (χ2v) is 180. The van der Waals surface area contributed by atoms with E-state index in [2.05, 4.69) is 226 Å². The minimum atomic E-state index is -0.0251. The van der Waals surface area contributed by atoms with Crippen molar-refractivity contribution in [1.82, 2.24) is 19.9 Å². The molecule has 0 saturated carbocycles. The van der Waals surface area contributed by atoms with E-state index in [9.17, 15) is 0 Å². The zero-order valence-corrected chi connectivity index (χ0v) is 95.2. The summed E-state index contributed by atoms with van der Waals surface area (Å²) in [5.74, 6) is 1.57. The number of aryl methyl sites for hydroxylation is 2. The molecule has 28 unspecified atom stereocenters. The zero-order chi connectivity index (χ0) is 70.7. The minimum absolute atomic E-state index is 0.00840. The Morgan fingerprint density at radius 3 is 1.13 bits per heavy atom. The summed E-state index contributed by atoms with van der Waals surface area (Å²) in [6.07, 6.45) is 2.84. The van der Waals surface area contributed by atoms with E-state index in [0.717, 1.165) is 32.6 Å². The molecule has 0 aliphatic carbocycles. The van der Waals surface area contributed by atoms with Gasteiger partial charge in [0.05, 0.1) is 37.4 Å². The van der Waals surface area contributed by atoms with Crippen LogP contribution in [0.4, 0.5) is 11.4 Å². The van der Waals surface area contributed by atoms with Crippen LogP contribution in [0.15, 0.2) is 97.6 Å². The molecule has 0 radical (unpaired) electrons. The molecule has 0 spiro atoms. The van der Waals surface area contributed by atoms with E-state index in [1.54, 1.807) is 25.3 Å². The number of ether oxygens (including phenoxy) is 3. The predicted octanol–water partition coefficient (Wildman–Crippen LogP) is 35.0. The molecule has 10 nitrogen and oxygen atoms in total. The minimum Gasteiger partial charge on any atom is -0.507 e. The summed E-state index contributed by atoms with van der Waals surface area (Å²) in [4.78, 5) is 23.0. The van der Waals surface area contributed by atoms with Crippen LogP contribution < -0.4 is 14.2 Å². The summed E-state index contributed by atoms with van der Waals surface area (Å²) in [6, 6.07) is 25.0. The number of rotatable bonds is 24. The zero-order valence-electron chi connectivity index (χ0n) is 49.5. The second-order valence-electron chi connectivity index (χ2n) is 16.7. The summed E-state index contributed by atoms with van der Waals surface area (Å²) in [5.41, 5.74) is 6.41. The molecule has 2 heterocycles. The third kappa shape index (κ3) is 35.8. The number of nitrogens with zero attached hydrogens (tertiary/aromatic N) is 6. The summed E-state index contributed by atoms with van der Waals surface area (Å²) in [6.45, 7) is 18.9. The van der Waals surface area contributed by atoms with E-state index in [1.807, 2.05) is 62.4 Å². The number of aromatic hydroxyl groups is 1. The quantitative estimate of drug-likeness (QED) is 0.0363. The van der Waals surface area contributed by atoms with Gasteiger partial charge in [-0.15, -0.1) is 196 Å². The standard InChI is InChI=1S/C19H14ClN3O2.C12H11ClN2O.C7H4ClNO.H29P27.H17P15/c1-12-4-6-13(7-5-12)17-18(24-3)19(23-11-22-17)25-16-9-8-14(21-2)10-15(16)20;1-8-3-5-9(6-4-8)10-11(16-2)12(13)15-7-14-10;1-9-5-2-3-7(10)6(8)4-5;1-15-22(14)26(23(16(2)3)17(4)5)27(24(18(6)7)19(8)9)25(20(10)11)21(12)13;1-9-13(8)15(12(6)7)14(10(2)3)11(4)5/h4-11H,1,3H3;3-7H,1-2H3;2-4,10H;15H,1-14H2;9H,1-8H2. The van der Waals surface area contributed by atoms with E-state index in [0.29, 0.717) is 50.2 Å². The molecule has 1 N–H and O–H groups in total. The van der Waals surface area contributed by atoms with E-state index in [1.165, 1.54) is 43.5 Å². The molecule has 6 aromatic rings. The molecular formula is C38H75Cl3N6O4P42. The van der Waals surface area contributed by atoms with E-state index in [4.69, 9.17) is 67.3 Å². The fraction of sp³-hybridized carbons (Fsp3) is 0.105. The number of phenolic OH excluding ortho intramolecular Hbond substituents is 1. The van der Waals surface area contributed by atoms with E-state index in [-0.39, 0.29) is 142 Å². The fourth-order valence-corrected chi connectivity index (χ4v) is 507. The largest absolute Gasteiger partial charge is 0.507 e. The van der Waals surface area contributed by atoms with Gasteiger partial charge in [0.25, 0.3) is 5.88 Å². The van der Waals surface area contributed by atoms with Gasteiger partial charge >= 0.3 is 0 Å². The van der Waals surface area contributed by atoms with Crippen LogP contribution in [0.2, 0.25) is 15.2 Å². The monoisotopic (exact) mass is 2090 g/mol. The number of aromatic nitrogens is 4. The lowest BCUT2D eigenvalue weighted by Crippen LogP contribution is -1.98. The van der Waals surface area contributed by atoms with Crippen LogP contribution >= 0.6 is 373 Å². The molecule has 4 aromatic carbocycles. The van der Waals surface area contributed by atoms with Gasteiger partial charge in [0, 0.05) is 11.1 Å². The van der Waals surface area contributed by atoms with Crippen LogP contribution in [0.1, 0.15) is 11.1 Å². The van der Waals surface area contributed by atoms with Crippen molar-refractivity contribution in [1.29, 1.82) is 0 Å². The van der Waals surface area contributed by atoms with Crippen molar-refractivity contribution in [3.05, 3.63) is 147 Å². The van der Waals surface area contributed by atoms with Crippen molar-refractivity contribution in [2.45, 2.75) is 13.8 Å². The maximum atomic E-state index is 8.90. The molecule has 93 heavy (non-hydrogen) atoms. The van der Waals surface area contributed by atoms with E-state index < -0.39 is 0 Å². The Morgan fingerprint density at radius 2 is 0.774 bits per heavy atom. The number of benzene rings is 4. The molecule has 0 fully saturated rings. The van der Waals surface area contributed by atoms with Crippen LogP contribution in [0.25, 0.3) is 32.2 Å². The molecule has 512 valence electrons. The summed E-state index contributed by atoms with van der Waals surface area (Å²) in [5, 5.41) is 9.77. The van der Waals surface area contributed by atoms with Gasteiger partial charge < -0.3 is 19.3 Å². The van der Waals surface area contributed by atoms with Gasteiger partial charge in [-0.1, -0.05) is 123 Å². The fourth-order valence-electron chi connectivity index (χ4n) is 6.36. The first-order chi connectivity index (χ1) is 43.7. The first-order valence-corrected chi connectivity index (χ1v) is 100. The van der Waals surface area contributed by atoms with Crippen LogP contribution in [-0.4, -0.2) is 39.3 Å². The third-order valence-electron chi connectivity index (χ3n) is 10.2. The number of hydrogen-bond donors (Lipinski definition) is 1. The van der Waals surface area contributed by atoms with Gasteiger partial charge in [-0.2, -0.15) is 4.98 Å². The maximum absolute atomic E-state index is 8.90. The topological polar surface area (TPSA) is 108 Å². The maximum Gasteiger partial charge on any atom is 0.266 e. The lowest BCUT2D eigenvalue weighted by molar-refractivity contribution is 0.369. The summed E-state index contributed by atoms with van der Waals surface area (Å²) in [7, 11) is 75.3. The van der Waals surface area contributed by atoms with Crippen LogP contribution in [0, 0.1) is 27.0 Å². The van der Waals surface area contributed by atoms with Crippen molar-refractivity contribution in [3.63, 3.8) is 0 Å². The van der Waals surface area contributed by atoms with Crippen LogP contribution in [-0.2, 0) is 0 Å². The average molecular weight is 2090 g/mol. The Labute approximate surface area is 642 Å². The second kappa shape index (κ2) is 55.6. The van der Waals surface area contributed by atoms with E-state index >= 15 is 0 Å². The Kier molecular flexibility index (Phi) is 60.5. The highest BCUT2D eigenvalue weighted by Gasteiger charge is 2.48. The van der Waals surface area contributed by atoms with Crippen molar-refractivity contribution in [2.75, 3.05) is 14.2 Å². The number of phenols is 1. The molecule has 2 aromatic heterocycles. The van der Waals surface area contributed by atoms with Gasteiger partial charge in [0.15, 0.2) is 22.3 Å². The number of methoxy groups -OCH3 is 2. The Balaban J connectivity index is 0.000000411. The van der Waals surface area contributed by atoms with Crippen molar-refractivity contribution in [2.24, 2.45) is 0 Å². The van der Waals surface area contributed by atoms with Crippen molar-refractivity contribution >= 4 is 384 Å². The van der Waals surface area contributed by atoms with Crippen molar-refractivity contribution < 1.29 is 19.3 Å². The molecule has 55 heteroatoms.